The van der Waals surface area contributed by atoms with Crippen LogP contribution in [0.4, 0.5) is 11.6 Å². The average Bonchev–Trinajstić information content (AvgIpc) is 2.81. The maximum Gasteiger partial charge on any atom is 0.207 e. The van der Waals surface area contributed by atoms with E-state index in [2.05, 4.69) is 21.8 Å². The molecule has 0 spiro atoms. The number of hydrogen-bond donors (Lipinski definition) is 1. The third-order valence-corrected chi connectivity index (χ3v) is 3.31. The zero-order valence-electron chi connectivity index (χ0n) is 11.4. The fourth-order valence-corrected chi connectivity index (χ4v) is 2.06. The predicted molar refractivity (Wildman–Crippen MR) is 78.5 cm³/mol. The minimum atomic E-state index is 0.694. The summed E-state index contributed by atoms with van der Waals surface area (Å²) in [5, 5.41) is 3.99. The standard InChI is InChI=1S/C14H18ClN3O/c1-4-6-18-7-5-16-14(18)17-12-8-10(2)11(15)9-13(12)19-3/h5,7-9H,4,6H2,1-3H3,(H,16,17). The molecule has 0 bridgehead atoms. The quantitative estimate of drug-likeness (QED) is 0.899. The Kier molecular flexibility index (Phi) is 4.32. The summed E-state index contributed by atoms with van der Waals surface area (Å²) in [7, 11) is 1.63. The molecule has 102 valence electrons. The first kappa shape index (κ1) is 13.7. The summed E-state index contributed by atoms with van der Waals surface area (Å²) in [4.78, 5) is 4.32. The molecule has 1 heterocycles. The van der Waals surface area contributed by atoms with Gasteiger partial charge in [-0.3, -0.25) is 0 Å². The minimum absolute atomic E-state index is 0.694. The van der Waals surface area contributed by atoms with Gasteiger partial charge in [0.15, 0.2) is 0 Å². The van der Waals surface area contributed by atoms with Crippen molar-refractivity contribution in [1.29, 1.82) is 0 Å². The molecule has 0 saturated heterocycles. The molecule has 0 aliphatic heterocycles. The Balaban J connectivity index is 2.32. The Hall–Kier alpha value is -1.68. The van der Waals surface area contributed by atoms with Crippen molar-refractivity contribution < 1.29 is 4.74 Å². The Labute approximate surface area is 118 Å². The first-order chi connectivity index (χ1) is 9.15. The van der Waals surface area contributed by atoms with Crippen molar-refractivity contribution in [2.45, 2.75) is 26.8 Å². The molecule has 0 fully saturated rings. The van der Waals surface area contributed by atoms with Crippen molar-refractivity contribution >= 4 is 23.2 Å². The van der Waals surface area contributed by atoms with E-state index in [4.69, 9.17) is 16.3 Å². The number of imidazole rings is 1. The number of benzene rings is 1. The van der Waals surface area contributed by atoms with E-state index < -0.39 is 0 Å². The van der Waals surface area contributed by atoms with Gasteiger partial charge in [0.25, 0.3) is 0 Å². The summed E-state index contributed by atoms with van der Waals surface area (Å²) in [5.74, 6) is 1.52. The monoisotopic (exact) mass is 279 g/mol. The Morgan fingerprint density at radius 2 is 2.21 bits per heavy atom. The first-order valence-corrected chi connectivity index (χ1v) is 6.65. The molecule has 0 atom stereocenters. The molecule has 2 rings (SSSR count). The van der Waals surface area contributed by atoms with Crippen LogP contribution in [0.25, 0.3) is 0 Å². The van der Waals surface area contributed by atoms with Crippen molar-refractivity contribution in [3.05, 3.63) is 35.1 Å². The lowest BCUT2D eigenvalue weighted by atomic mass is 10.2. The molecule has 5 heteroatoms. The van der Waals surface area contributed by atoms with Gasteiger partial charge >= 0.3 is 0 Å². The molecule has 0 saturated carbocycles. The maximum absolute atomic E-state index is 6.10. The fourth-order valence-electron chi connectivity index (χ4n) is 1.90. The highest BCUT2D eigenvalue weighted by Gasteiger charge is 2.09. The second-order valence-corrected chi connectivity index (χ2v) is 4.78. The zero-order chi connectivity index (χ0) is 13.8. The third kappa shape index (κ3) is 3.01. The van der Waals surface area contributed by atoms with Gasteiger partial charge in [-0.15, -0.1) is 0 Å². The van der Waals surface area contributed by atoms with Crippen LogP contribution in [0.2, 0.25) is 5.02 Å². The molecule has 0 aliphatic rings. The number of aromatic nitrogens is 2. The van der Waals surface area contributed by atoms with Crippen molar-refractivity contribution in [2.75, 3.05) is 12.4 Å². The number of methoxy groups -OCH3 is 1. The highest BCUT2D eigenvalue weighted by molar-refractivity contribution is 6.31. The molecule has 0 aliphatic carbocycles. The van der Waals surface area contributed by atoms with Crippen LogP contribution in [0.5, 0.6) is 5.75 Å². The van der Waals surface area contributed by atoms with Crippen LogP contribution in [0.15, 0.2) is 24.5 Å². The number of aryl methyl sites for hydroxylation is 2. The van der Waals surface area contributed by atoms with Gasteiger partial charge in [-0.25, -0.2) is 4.98 Å². The molecule has 1 aromatic heterocycles. The van der Waals surface area contributed by atoms with E-state index in [1.807, 2.05) is 25.3 Å². The van der Waals surface area contributed by atoms with Gasteiger partial charge in [0.05, 0.1) is 12.8 Å². The summed E-state index contributed by atoms with van der Waals surface area (Å²) >= 11 is 6.10. The minimum Gasteiger partial charge on any atom is -0.495 e. The van der Waals surface area contributed by atoms with E-state index in [0.717, 1.165) is 30.2 Å². The van der Waals surface area contributed by atoms with Crippen LogP contribution in [0, 0.1) is 6.92 Å². The van der Waals surface area contributed by atoms with Crippen LogP contribution in [-0.2, 0) is 6.54 Å². The van der Waals surface area contributed by atoms with Crippen LogP contribution in [-0.4, -0.2) is 16.7 Å². The number of anilines is 2. The van der Waals surface area contributed by atoms with Crippen LogP contribution >= 0.6 is 11.6 Å². The molecular weight excluding hydrogens is 262 g/mol. The van der Waals surface area contributed by atoms with Gasteiger partial charge < -0.3 is 14.6 Å². The maximum atomic E-state index is 6.10. The number of nitrogens with zero attached hydrogens (tertiary/aromatic N) is 2. The molecule has 0 amide bonds. The highest BCUT2D eigenvalue weighted by atomic mass is 35.5. The van der Waals surface area contributed by atoms with E-state index in [9.17, 15) is 0 Å². The van der Waals surface area contributed by atoms with Gasteiger partial charge in [0.2, 0.25) is 5.95 Å². The molecule has 1 N–H and O–H groups in total. The average molecular weight is 280 g/mol. The molecule has 0 unspecified atom stereocenters. The normalized spacial score (nSPS) is 10.5. The second-order valence-electron chi connectivity index (χ2n) is 4.37. The smallest absolute Gasteiger partial charge is 0.207 e. The van der Waals surface area contributed by atoms with Gasteiger partial charge in [0.1, 0.15) is 5.75 Å². The topological polar surface area (TPSA) is 39.1 Å². The second kappa shape index (κ2) is 5.97. The number of ether oxygens (including phenoxy) is 1. The van der Waals surface area contributed by atoms with Crippen molar-refractivity contribution in [1.82, 2.24) is 9.55 Å². The van der Waals surface area contributed by atoms with Crippen molar-refractivity contribution in [3.8, 4) is 5.75 Å². The number of halogens is 1. The van der Waals surface area contributed by atoms with E-state index in [-0.39, 0.29) is 0 Å². The van der Waals surface area contributed by atoms with Crippen molar-refractivity contribution in [2.24, 2.45) is 0 Å². The van der Waals surface area contributed by atoms with Crippen LogP contribution in [0.3, 0.4) is 0 Å². The van der Waals surface area contributed by atoms with E-state index in [1.54, 1.807) is 13.3 Å². The molecular formula is C14H18ClN3O. The molecule has 19 heavy (non-hydrogen) atoms. The van der Waals surface area contributed by atoms with Crippen LogP contribution in [0.1, 0.15) is 18.9 Å². The summed E-state index contributed by atoms with van der Waals surface area (Å²) in [6.07, 6.45) is 4.80. The molecule has 4 nitrogen and oxygen atoms in total. The fraction of sp³-hybridized carbons (Fsp3) is 0.357. The summed E-state index contributed by atoms with van der Waals surface area (Å²) < 4.78 is 7.42. The third-order valence-electron chi connectivity index (χ3n) is 2.91. The van der Waals surface area contributed by atoms with Crippen molar-refractivity contribution in [3.63, 3.8) is 0 Å². The number of rotatable bonds is 5. The lowest BCUT2D eigenvalue weighted by molar-refractivity contribution is 0.416. The Bertz CT molecular complexity index is 566. The summed E-state index contributed by atoms with van der Waals surface area (Å²) in [5.41, 5.74) is 1.87. The van der Waals surface area contributed by atoms with Gasteiger partial charge in [-0.05, 0) is 25.0 Å². The summed E-state index contributed by atoms with van der Waals surface area (Å²) in [6.45, 7) is 5.03. The SMILES string of the molecule is CCCn1ccnc1Nc1cc(C)c(Cl)cc1OC. The predicted octanol–water partition coefficient (Wildman–Crippen LogP) is 4.01. The molecule has 1 aromatic carbocycles. The lowest BCUT2D eigenvalue weighted by Crippen LogP contribution is -2.04. The van der Waals surface area contributed by atoms with Gasteiger partial charge in [-0.1, -0.05) is 18.5 Å². The molecule has 0 radical (unpaired) electrons. The number of nitrogens with one attached hydrogen (secondary N) is 1. The lowest BCUT2D eigenvalue weighted by Gasteiger charge is -2.13. The zero-order valence-corrected chi connectivity index (χ0v) is 12.2. The number of hydrogen-bond acceptors (Lipinski definition) is 3. The van der Waals surface area contributed by atoms with Gasteiger partial charge in [0, 0.05) is 30.0 Å². The van der Waals surface area contributed by atoms with Gasteiger partial charge in [-0.2, -0.15) is 0 Å². The van der Waals surface area contributed by atoms with E-state index in [0.29, 0.717) is 10.8 Å². The first-order valence-electron chi connectivity index (χ1n) is 6.28. The highest BCUT2D eigenvalue weighted by Crippen LogP contribution is 2.32. The van der Waals surface area contributed by atoms with Crippen LogP contribution < -0.4 is 10.1 Å². The summed E-state index contributed by atoms with van der Waals surface area (Å²) in [6, 6.07) is 3.78. The Morgan fingerprint density at radius 3 is 2.89 bits per heavy atom. The largest absolute Gasteiger partial charge is 0.495 e. The molecule has 2 aromatic rings. The van der Waals surface area contributed by atoms with E-state index >= 15 is 0 Å². The van der Waals surface area contributed by atoms with E-state index in [1.165, 1.54) is 0 Å². The Morgan fingerprint density at radius 1 is 1.42 bits per heavy atom.